The van der Waals surface area contributed by atoms with Crippen LogP contribution in [0.25, 0.3) is 0 Å². The number of nitrogens with zero attached hydrogens (tertiary/aromatic N) is 4. The Hall–Kier alpha value is -2.97. The Balaban J connectivity index is 1.35. The molecule has 0 unspecified atom stereocenters. The molecule has 0 spiro atoms. The monoisotopic (exact) mass is 521 g/mol. The number of carboxylic acids is 1. The summed E-state index contributed by atoms with van der Waals surface area (Å²) in [6.45, 7) is 0.434. The molecule has 0 aromatic carbocycles. The molecule has 2 aliphatic heterocycles. The van der Waals surface area contributed by atoms with Gasteiger partial charge in [0.15, 0.2) is 23.1 Å². The van der Waals surface area contributed by atoms with Crippen LogP contribution in [0.3, 0.4) is 0 Å². The lowest BCUT2D eigenvalue weighted by Crippen LogP contribution is -2.71. The van der Waals surface area contributed by atoms with Crippen LogP contribution >= 0.6 is 34.4 Å². The van der Waals surface area contributed by atoms with Crippen molar-refractivity contribution in [3.63, 3.8) is 0 Å². The van der Waals surface area contributed by atoms with E-state index in [1.165, 1.54) is 34.3 Å². The van der Waals surface area contributed by atoms with Gasteiger partial charge in [-0.15, -0.1) is 23.1 Å². The second kappa shape index (κ2) is 9.00. The van der Waals surface area contributed by atoms with Crippen LogP contribution in [-0.2, 0) is 38.6 Å². The Morgan fingerprint density at radius 1 is 1.41 bits per heavy atom. The highest BCUT2D eigenvalue weighted by Crippen LogP contribution is 2.40. The first-order chi connectivity index (χ1) is 16.4. The molecule has 5 rings (SSSR count). The minimum atomic E-state index is -1.15. The Bertz CT molecular complexity index is 1250. The zero-order valence-corrected chi connectivity index (χ0v) is 20.5. The van der Waals surface area contributed by atoms with Crippen LogP contribution in [0.15, 0.2) is 27.3 Å². The van der Waals surface area contributed by atoms with Crippen molar-refractivity contribution in [3.8, 4) is 0 Å². The number of β-lactam (4-membered cyclic amide) rings is 1. The van der Waals surface area contributed by atoms with E-state index in [1.807, 2.05) is 5.51 Å². The maximum Gasteiger partial charge on any atom is 0.352 e. The van der Waals surface area contributed by atoms with Gasteiger partial charge in [0.25, 0.3) is 11.8 Å². The number of aryl methyl sites for hydroxylation is 1. The first-order valence-electron chi connectivity index (χ1n) is 10.4. The lowest BCUT2D eigenvalue weighted by atomic mass is 10.0. The summed E-state index contributed by atoms with van der Waals surface area (Å²) in [5.41, 5.74) is 9.73. The molecule has 2 aromatic rings. The summed E-state index contributed by atoms with van der Waals surface area (Å²) in [4.78, 5) is 49.4. The molecule has 4 heterocycles. The average molecular weight is 522 g/mol. The SMILES string of the molecule is CO/N=C(\C(=O)N[C@@H]1C(=O)N2C(C(=O)O)=C(C[n+]3csc4c3CCC4)CS[C@H]12)c1csc(N)n1. The number of nitrogens with one attached hydrogen (secondary N) is 1. The molecule has 1 fully saturated rings. The lowest BCUT2D eigenvalue weighted by Gasteiger charge is -2.49. The van der Waals surface area contributed by atoms with Crippen LogP contribution in [-0.4, -0.2) is 62.8 Å². The Kier molecular flexibility index (Phi) is 6.04. The number of thiazole rings is 2. The predicted molar refractivity (Wildman–Crippen MR) is 126 cm³/mol. The number of nitrogen functional groups attached to an aromatic ring is 1. The zero-order chi connectivity index (χ0) is 24.0. The standard InChI is InChI=1S/C20H20N6O5S3/c1-31-24-13(10-7-33-20(21)22-10)16(27)23-14-17(28)26-15(19(29)30)9(6-32-18(14)26)5-25-8-34-12-4-2-3-11(12)25/h7-8,14,18H,2-6H2,1H3,(H3-,21,22,23,27,29,30)/p+1/b24-13-/t14-,18-/m1/s1. The molecular weight excluding hydrogens is 500 g/mol. The average Bonchev–Trinajstić information content (AvgIpc) is 3.54. The van der Waals surface area contributed by atoms with Crippen LogP contribution in [0, 0.1) is 0 Å². The number of amides is 2. The maximum absolute atomic E-state index is 13.0. The molecule has 2 atom stereocenters. The van der Waals surface area contributed by atoms with E-state index >= 15 is 0 Å². The van der Waals surface area contributed by atoms with E-state index in [0.29, 0.717) is 17.9 Å². The first-order valence-corrected chi connectivity index (χ1v) is 13.2. The number of oxime groups is 1. The number of anilines is 1. The summed E-state index contributed by atoms with van der Waals surface area (Å²) in [5.74, 6) is -1.83. The largest absolute Gasteiger partial charge is 0.477 e. The summed E-state index contributed by atoms with van der Waals surface area (Å²) in [6.07, 6.45) is 3.15. The molecule has 3 aliphatic rings. The van der Waals surface area contributed by atoms with Gasteiger partial charge in [-0.05, 0) is 12.8 Å². The second-order valence-electron chi connectivity index (χ2n) is 7.89. The second-order valence-corrected chi connectivity index (χ2v) is 10.8. The summed E-state index contributed by atoms with van der Waals surface area (Å²) >= 11 is 4.27. The third-order valence-corrected chi connectivity index (χ3v) is 8.97. The minimum Gasteiger partial charge on any atom is -0.477 e. The van der Waals surface area contributed by atoms with Crippen molar-refractivity contribution in [2.24, 2.45) is 5.16 Å². The topological polar surface area (TPSA) is 151 Å². The smallest absolute Gasteiger partial charge is 0.352 e. The van der Waals surface area contributed by atoms with Gasteiger partial charge in [-0.2, -0.15) is 4.57 Å². The number of aromatic nitrogens is 2. The predicted octanol–water partition coefficient (Wildman–Crippen LogP) is 0.352. The summed E-state index contributed by atoms with van der Waals surface area (Å²) in [5, 5.41) is 17.6. The summed E-state index contributed by atoms with van der Waals surface area (Å²) < 4.78 is 2.10. The van der Waals surface area contributed by atoms with Gasteiger partial charge >= 0.3 is 5.97 Å². The molecule has 14 heteroatoms. The number of thioether (sulfide) groups is 1. The van der Waals surface area contributed by atoms with Crippen LogP contribution in [0.4, 0.5) is 5.13 Å². The summed E-state index contributed by atoms with van der Waals surface area (Å²) in [6, 6.07) is -0.885. The van der Waals surface area contributed by atoms with Gasteiger partial charge in [0.2, 0.25) is 5.51 Å². The van der Waals surface area contributed by atoms with Crippen molar-refractivity contribution >= 4 is 63.1 Å². The fourth-order valence-corrected chi connectivity index (χ4v) is 7.32. The van der Waals surface area contributed by atoms with Crippen molar-refractivity contribution in [1.82, 2.24) is 15.2 Å². The highest BCUT2D eigenvalue weighted by atomic mass is 32.2. The molecule has 34 heavy (non-hydrogen) atoms. The molecule has 4 N–H and O–H groups in total. The number of hydrogen-bond acceptors (Lipinski definition) is 10. The van der Waals surface area contributed by atoms with E-state index in [9.17, 15) is 19.5 Å². The van der Waals surface area contributed by atoms with E-state index in [-0.39, 0.29) is 22.2 Å². The van der Waals surface area contributed by atoms with Gasteiger partial charge in [0.1, 0.15) is 29.9 Å². The Labute approximate surface area is 206 Å². The van der Waals surface area contributed by atoms with Crippen LogP contribution in [0.1, 0.15) is 22.7 Å². The van der Waals surface area contributed by atoms with Crippen LogP contribution < -0.4 is 15.6 Å². The van der Waals surface area contributed by atoms with Crippen molar-refractivity contribution < 1.29 is 28.9 Å². The van der Waals surface area contributed by atoms with Crippen molar-refractivity contribution in [2.75, 3.05) is 18.6 Å². The Morgan fingerprint density at radius 3 is 2.94 bits per heavy atom. The van der Waals surface area contributed by atoms with Gasteiger partial charge in [-0.3, -0.25) is 14.5 Å². The van der Waals surface area contributed by atoms with Gasteiger partial charge < -0.3 is 21.0 Å². The van der Waals surface area contributed by atoms with Gasteiger partial charge in [0.05, 0.1) is 4.88 Å². The number of carboxylic acid groups (broad SMARTS) is 1. The first kappa shape index (κ1) is 22.8. The number of nitrogens with two attached hydrogens (primary N) is 1. The molecule has 2 amide bonds. The molecule has 1 saturated heterocycles. The molecule has 1 aliphatic carbocycles. The fourth-order valence-electron chi connectivity index (χ4n) is 4.37. The number of rotatable bonds is 7. The van der Waals surface area contributed by atoms with E-state index in [2.05, 4.69) is 20.0 Å². The summed E-state index contributed by atoms with van der Waals surface area (Å²) in [7, 11) is 1.29. The number of carbonyl (C=O) groups excluding carboxylic acids is 2. The highest BCUT2D eigenvalue weighted by molar-refractivity contribution is 8.00. The van der Waals surface area contributed by atoms with E-state index < -0.39 is 29.2 Å². The van der Waals surface area contributed by atoms with E-state index in [0.717, 1.165) is 30.6 Å². The third kappa shape index (κ3) is 3.84. The quantitative estimate of drug-likeness (QED) is 0.204. The number of hydrogen-bond donors (Lipinski definition) is 3. The molecule has 2 aromatic heterocycles. The van der Waals surface area contributed by atoms with E-state index in [4.69, 9.17) is 10.6 Å². The molecular formula is C20H21N6O5S3+. The van der Waals surface area contributed by atoms with Gasteiger partial charge in [0, 0.05) is 23.1 Å². The number of carbonyl (C=O) groups is 3. The normalized spacial score (nSPS) is 21.7. The minimum absolute atomic E-state index is 0.00255. The van der Waals surface area contributed by atoms with Crippen molar-refractivity contribution in [1.29, 1.82) is 0 Å². The fraction of sp³-hybridized carbons (Fsp3) is 0.400. The zero-order valence-electron chi connectivity index (χ0n) is 18.0. The molecule has 178 valence electrons. The molecule has 0 saturated carbocycles. The Morgan fingerprint density at radius 2 is 2.24 bits per heavy atom. The molecule has 0 bridgehead atoms. The lowest BCUT2D eigenvalue weighted by molar-refractivity contribution is -0.691. The van der Waals surface area contributed by atoms with Crippen LogP contribution in [0.2, 0.25) is 0 Å². The highest BCUT2D eigenvalue weighted by Gasteiger charge is 2.55. The van der Waals surface area contributed by atoms with Crippen LogP contribution in [0.5, 0.6) is 0 Å². The molecule has 0 radical (unpaired) electrons. The maximum atomic E-state index is 13.0. The van der Waals surface area contributed by atoms with Crippen molar-refractivity contribution in [2.45, 2.75) is 37.2 Å². The van der Waals surface area contributed by atoms with Gasteiger partial charge in [-0.1, -0.05) is 16.5 Å². The van der Waals surface area contributed by atoms with E-state index in [1.54, 1.807) is 16.7 Å². The van der Waals surface area contributed by atoms with Gasteiger partial charge in [-0.25, -0.2) is 9.78 Å². The van der Waals surface area contributed by atoms with Crippen molar-refractivity contribution in [3.05, 3.63) is 38.4 Å². The number of aliphatic carboxylic acids is 1. The number of fused-ring (bicyclic) bond motifs is 2. The third-order valence-electron chi connectivity index (χ3n) is 5.87. The molecule has 11 nitrogen and oxygen atoms in total.